The zero-order valence-corrected chi connectivity index (χ0v) is 13.5. The number of benzene rings is 2. The second-order valence-electron chi connectivity index (χ2n) is 4.24. The Morgan fingerprint density at radius 1 is 1.00 bits per heavy atom. The van der Waals surface area contributed by atoms with Crippen molar-refractivity contribution in [3.05, 3.63) is 63.1 Å². The van der Waals surface area contributed by atoms with Crippen LogP contribution in [0.1, 0.15) is 20.7 Å². The first-order valence-corrected chi connectivity index (χ1v) is 7.27. The predicted molar refractivity (Wildman–Crippen MR) is 86.9 cm³/mol. The van der Waals surface area contributed by atoms with Crippen LogP contribution in [-0.4, -0.2) is 18.9 Å². The van der Waals surface area contributed by atoms with Gasteiger partial charge in [-0.15, -0.1) is 0 Å². The predicted octanol–water partition coefficient (Wildman–Crippen LogP) is 3.71. The van der Waals surface area contributed by atoms with E-state index in [1.807, 2.05) is 0 Å². The van der Waals surface area contributed by atoms with Gasteiger partial charge in [0.15, 0.2) is 0 Å². The molecule has 2 N–H and O–H groups in total. The van der Waals surface area contributed by atoms with Gasteiger partial charge in [0, 0.05) is 28.3 Å². The van der Waals surface area contributed by atoms with Crippen molar-refractivity contribution in [1.29, 1.82) is 0 Å². The maximum Gasteiger partial charge on any atom is 0.255 e. The summed E-state index contributed by atoms with van der Waals surface area (Å²) in [5.74, 6) is -0.440. The lowest BCUT2D eigenvalue weighted by Gasteiger charge is -2.07. The number of hydrogen-bond donors (Lipinski definition) is 2. The Bertz CT molecular complexity index is 687. The molecule has 2 aromatic rings. The molecule has 0 saturated heterocycles. The Labute approximate surface area is 135 Å². The minimum Gasteiger partial charge on any atom is -0.355 e. The number of anilines is 1. The normalized spacial score (nSPS) is 10.0. The quantitative estimate of drug-likeness (QED) is 0.869. The molecule has 0 unspecified atom stereocenters. The first kappa shape index (κ1) is 15.5. The van der Waals surface area contributed by atoms with E-state index in [1.54, 1.807) is 49.5 Å². The number of amides is 2. The molecule has 21 heavy (non-hydrogen) atoms. The molecule has 0 aliphatic carbocycles. The first-order valence-electron chi connectivity index (χ1n) is 6.10. The van der Waals surface area contributed by atoms with Crippen molar-refractivity contribution >= 4 is 45.0 Å². The van der Waals surface area contributed by atoms with Gasteiger partial charge >= 0.3 is 0 Å². The fourth-order valence-electron chi connectivity index (χ4n) is 1.69. The average molecular weight is 368 g/mol. The van der Waals surface area contributed by atoms with Crippen LogP contribution in [0.5, 0.6) is 0 Å². The van der Waals surface area contributed by atoms with Crippen LogP contribution in [0.15, 0.2) is 46.9 Å². The minimum atomic E-state index is -0.267. The Morgan fingerprint density at radius 2 is 1.62 bits per heavy atom. The van der Waals surface area contributed by atoms with E-state index in [-0.39, 0.29) is 11.8 Å². The molecule has 6 heteroatoms. The van der Waals surface area contributed by atoms with Gasteiger partial charge in [0.05, 0.1) is 5.02 Å². The highest BCUT2D eigenvalue weighted by atomic mass is 79.9. The lowest BCUT2D eigenvalue weighted by atomic mass is 10.1. The molecule has 0 saturated carbocycles. The molecular weight excluding hydrogens is 356 g/mol. The molecule has 0 aromatic heterocycles. The van der Waals surface area contributed by atoms with E-state index in [1.165, 1.54) is 0 Å². The SMILES string of the molecule is CNC(=O)c1ccc(NC(=O)c2ccc(Br)c(Cl)c2)cc1. The van der Waals surface area contributed by atoms with Gasteiger partial charge in [-0.2, -0.15) is 0 Å². The van der Waals surface area contributed by atoms with Crippen LogP contribution in [0.3, 0.4) is 0 Å². The van der Waals surface area contributed by atoms with E-state index in [0.29, 0.717) is 21.8 Å². The molecule has 0 radical (unpaired) electrons. The van der Waals surface area contributed by atoms with Crippen LogP contribution in [0, 0.1) is 0 Å². The maximum atomic E-state index is 12.1. The third-order valence-electron chi connectivity index (χ3n) is 2.81. The van der Waals surface area contributed by atoms with Gasteiger partial charge in [-0.05, 0) is 58.4 Å². The van der Waals surface area contributed by atoms with Crippen molar-refractivity contribution in [3.63, 3.8) is 0 Å². The smallest absolute Gasteiger partial charge is 0.255 e. The Morgan fingerprint density at radius 3 is 2.19 bits per heavy atom. The Hall–Kier alpha value is -1.85. The highest BCUT2D eigenvalue weighted by Gasteiger charge is 2.09. The lowest BCUT2D eigenvalue weighted by Crippen LogP contribution is -2.17. The number of carbonyl (C=O) groups is 2. The summed E-state index contributed by atoms with van der Waals surface area (Å²) in [4.78, 5) is 23.5. The second-order valence-corrected chi connectivity index (χ2v) is 5.50. The van der Waals surface area contributed by atoms with Crippen LogP contribution < -0.4 is 10.6 Å². The fourth-order valence-corrected chi connectivity index (χ4v) is 2.12. The summed E-state index contributed by atoms with van der Waals surface area (Å²) in [6, 6.07) is 11.6. The molecule has 0 atom stereocenters. The summed E-state index contributed by atoms with van der Waals surface area (Å²) in [7, 11) is 1.56. The van der Waals surface area contributed by atoms with E-state index in [0.717, 1.165) is 4.47 Å². The van der Waals surface area contributed by atoms with Gasteiger partial charge < -0.3 is 10.6 Å². The lowest BCUT2D eigenvalue weighted by molar-refractivity contribution is 0.0962. The molecule has 0 aliphatic heterocycles. The molecule has 2 aromatic carbocycles. The first-order chi connectivity index (χ1) is 10.0. The number of rotatable bonds is 3. The number of halogens is 2. The Balaban J connectivity index is 2.12. The van der Waals surface area contributed by atoms with Gasteiger partial charge in [-0.1, -0.05) is 11.6 Å². The summed E-state index contributed by atoms with van der Waals surface area (Å²) in [5, 5.41) is 5.75. The van der Waals surface area contributed by atoms with Gasteiger partial charge in [-0.3, -0.25) is 9.59 Å². The second kappa shape index (κ2) is 6.74. The highest BCUT2D eigenvalue weighted by Crippen LogP contribution is 2.23. The topological polar surface area (TPSA) is 58.2 Å². The molecule has 0 spiro atoms. The van der Waals surface area contributed by atoms with Crippen molar-refractivity contribution in [1.82, 2.24) is 5.32 Å². The van der Waals surface area contributed by atoms with Crippen LogP contribution in [0.25, 0.3) is 0 Å². The standard InChI is InChI=1S/C15H12BrClN2O2/c1-18-14(20)9-2-5-11(6-3-9)19-15(21)10-4-7-12(16)13(17)8-10/h2-8H,1H3,(H,18,20)(H,19,21). The minimum absolute atomic E-state index is 0.174. The molecule has 0 heterocycles. The zero-order valence-electron chi connectivity index (χ0n) is 11.1. The molecule has 2 amide bonds. The van der Waals surface area contributed by atoms with Crippen molar-refractivity contribution in [2.45, 2.75) is 0 Å². The monoisotopic (exact) mass is 366 g/mol. The number of carbonyl (C=O) groups excluding carboxylic acids is 2. The van der Waals surface area contributed by atoms with Crippen LogP contribution >= 0.6 is 27.5 Å². The molecule has 0 bridgehead atoms. The summed E-state index contributed by atoms with van der Waals surface area (Å²) in [6.07, 6.45) is 0. The molecular formula is C15H12BrClN2O2. The van der Waals surface area contributed by atoms with Crippen LogP contribution in [0.2, 0.25) is 5.02 Å². The Kier molecular flexibility index (Phi) is 4.98. The number of nitrogens with one attached hydrogen (secondary N) is 2. The van der Waals surface area contributed by atoms with E-state index < -0.39 is 0 Å². The summed E-state index contributed by atoms with van der Waals surface area (Å²) in [5.41, 5.74) is 1.59. The third-order valence-corrected chi connectivity index (χ3v) is 4.05. The van der Waals surface area contributed by atoms with Crippen LogP contribution in [-0.2, 0) is 0 Å². The summed E-state index contributed by atoms with van der Waals surface area (Å²) in [6.45, 7) is 0. The van der Waals surface area contributed by atoms with E-state index in [2.05, 4.69) is 26.6 Å². The average Bonchev–Trinajstić information content (AvgIpc) is 2.50. The van der Waals surface area contributed by atoms with Crippen molar-refractivity contribution in [3.8, 4) is 0 Å². The fraction of sp³-hybridized carbons (Fsp3) is 0.0667. The van der Waals surface area contributed by atoms with Crippen molar-refractivity contribution in [2.24, 2.45) is 0 Å². The molecule has 0 fully saturated rings. The zero-order chi connectivity index (χ0) is 15.4. The summed E-state index contributed by atoms with van der Waals surface area (Å²) >= 11 is 9.23. The van der Waals surface area contributed by atoms with Crippen LogP contribution in [0.4, 0.5) is 5.69 Å². The van der Waals surface area contributed by atoms with Crippen molar-refractivity contribution in [2.75, 3.05) is 12.4 Å². The maximum absolute atomic E-state index is 12.1. The van der Waals surface area contributed by atoms with Gasteiger partial charge in [0.2, 0.25) is 0 Å². The van der Waals surface area contributed by atoms with E-state index >= 15 is 0 Å². The van der Waals surface area contributed by atoms with E-state index in [4.69, 9.17) is 11.6 Å². The summed E-state index contributed by atoms with van der Waals surface area (Å²) < 4.78 is 0.732. The van der Waals surface area contributed by atoms with Crippen molar-refractivity contribution < 1.29 is 9.59 Å². The van der Waals surface area contributed by atoms with Gasteiger partial charge in [-0.25, -0.2) is 0 Å². The molecule has 108 valence electrons. The van der Waals surface area contributed by atoms with Gasteiger partial charge in [0.1, 0.15) is 0 Å². The molecule has 0 aliphatic rings. The highest BCUT2D eigenvalue weighted by molar-refractivity contribution is 9.10. The largest absolute Gasteiger partial charge is 0.355 e. The van der Waals surface area contributed by atoms with Gasteiger partial charge in [0.25, 0.3) is 11.8 Å². The third kappa shape index (κ3) is 3.83. The molecule has 4 nitrogen and oxygen atoms in total. The van der Waals surface area contributed by atoms with E-state index in [9.17, 15) is 9.59 Å². The molecule has 2 rings (SSSR count). The number of hydrogen-bond acceptors (Lipinski definition) is 2.